The maximum absolute atomic E-state index is 11.7. The lowest BCUT2D eigenvalue weighted by Crippen LogP contribution is -2.01. The standard InChI is InChI=1S/C15H15O7P/c1-2-22-13-5-3-4-12(17)14(13)10-8-9(6-7-11(10)16)15(18)23(19,20)21/h3-8,16-17H,2H2,1H3,(H2,19,20,21). The molecule has 0 atom stereocenters. The third-order valence-corrected chi connectivity index (χ3v) is 3.87. The molecule has 0 bridgehead atoms. The van der Waals surface area contributed by atoms with Crippen LogP contribution in [0, 0.1) is 0 Å². The van der Waals surface area contributed by atoms with Gasteiger partial charge in [-0.3, -0.25) is 9.36 Å². The van der Waals surface area contributed by atoms with Crippen molar-refractivity contribution in [1.29, 1.82) is 0 Å². The summed E-state index contributed by atoms with van der Waals surface area (Å²) in [6.45, 7) is 2.04. The molecule has 0 heterocycles. The van der Waals surface area contributed by atoms with E-state index in [-0.39, 0.29) is 33.9 Å². The van der Waals surface area contributed by atoms with E-state index in [1.165, 1.54) is 6.07 Å². The van der Waals surface area contributed by atoms with Gasteiger partial charge >= 0.3 is 7.60 Å². The van der Waals surface area contributed by atoms with Gasteiger partial charge in [0.15, 0.2) is 0 Å². The predicted octanol–water partition coefficient (Wildman–Crippen LogP) is 2.48. The first-order valence-corrected chi connectivity index (χ1v) is 8.25. The average molecular weight is 338 g/mol. The number of hydrogen-bond acceptors (Lipinski definition) is 5. The van der Waals surface area contributed by atoms with Gasteiger partial charge in [0.1, 0.15) is 17.2 Å². The topological polar surface area (TPSA) is 124 Å². The zero-order valence-electron chi connectivity index (χ0n) is 12.1. The van der Waals surface area contributed by atoms with E-state index in [1.54, 1.807) is 19.1 Å². The van der Waals surface area contributed by atoms with E-state index in [2.05, 4.69) is 0 Å². The summed E-state index contributed by atoms with van der Waals surface area (Å²) in [5, 5.41) is 20.1. The molecular weight excluding hydrogens is 323 g/mol. The Balaban J connectivity index is 2.65. The monoisotopic (exact) mass is 338 g/mol. The molecule has 2 rings (SSSR count). The molecule has 0 unspecified atom stereocenters. The number of aromatic hydroxyl groups is 2. The third kappa shape index (κ3) is 3.53. The summed E-state index contributed by atoms with van der Waals surface area (Å²) >= 11 is 0. The van der Waals surface area contributed by atoms with Gasteiger partial charge in [-0.25, -0.2) is 0 Å². The molecule has 0 amide bonds. The molecule has 8 heteroatoms. The molecule has 23 heavy (non-hydrogen) atoms. The number of benzene rings is 2. The fraction of sp³-hybridized carbons (Fsp3) is 0.133. The van der Waals surface area contributed by atoms with Gasteiger partial charge < -0.3 is 24.7 Å². The molecule has 7 nitrogen and oxygen atoms in total. The largest absolute Gasteiger partial charge is 0.507 e. The van der Waals surface area contributed by atoms with Crippen molar-refractivity contribution < 1.29 is 34.1 Å². The fourth-order valence-electron chi connectivity index (χ4n) is 2.10. The maximum Gasteiger partial charge on any atom is 0.396 e. The summed E-state index contributed by atoms with van der Waals surface area (Å²) in [5.74, 6) is -0.203. The molecule has 0 aliphatic heterocycles. The van der Waals surface area contributed by atoms with Crippen LogP contribution in [0.1, 0.15) is 17.3 Å². The van der Waals surface area contributed by atoms with Gasteiger partial charge in [0.25, 0.3) is 5.52 Å². The number of ether oxygens (including phenoxy) is 1. The lowest BCUT2D eigenvalue weighted by Gasteiger charge is -2.14. The second-order valence-electron chi connectivity index (χ2n) is 4.66. The second-order valence-corrected chi connectivity index (χ2v) is 6.16. The second kappa shape index (κ2) is 6.42. The van der Waals surface area contributed by atoms with Crippen molar-refractivity contribution in [2.75, 3.05) is 6.61 Å². The van der Waals surface area contributed by atoms with Crippen LogP contribution in [0.3, 0.4) is 0 Å². The average Bonchev–Trinajstić information content (AvgIpc) is 2.47. The minimum Gasteiger partial charge on any atom is -0.507 e. The molecule has 0 aliphatic rings. The quantitative estimate of drug-likeness (QED) is 0.617. The van der Waals surface area contributed by atoms with Gasteiger partial charge in [-0.15, -0.1) is 0 Å². The van der Waals surface area contributed by atoms with Crippen LogP contribution in [0.2, 0.25) is 0 Å². The highest BCUT2D eigenvalue weighted by molar-refractivity contribution is 7.70. The minimum absolute atomic E-state index is 0.0332. The Hall–Kier alpha value is -2.34. The molecule has 0 aromatic heterocycles. The van der Waals surface area contributed by atoms with Gasteiger partial charge in [-0.05, 0) is 37.3 Å². The molecule has 4 N–H and O–H groups in total. The SMILES string of the molecule is CCOc1cccc(O)c1-c1cc(C(=O)P(=O)(O)O)ccc1O. The smallest absolute Gasteiger partial charge is 0.396 e. The Morgan fingerprint density at radius 2 is 1.83 bits per heavy atom. The molecule has 0 aliphatic carbocycles. The van der Waals surface area contributed by atoms with E-state index in [0.717, 1.165) is 18.2 Å². The normalized spacial score (nSPS) is 11.3. The van der Waals surface area contributed by atoms with Crippen molar-refractivity contribution in [2.24, 2.45) is 0 Å². The number of carbonyl (C=O) groups is 1. The zero-order chi connectivity index (χ0) is 17.2. The summed E-state index contributed by atoms with van der Waals surface area (Å²) in [6, 6.07) is 7.81. The number of rotatable bonds is 5. The Bertz CT molecular complexity index is 794. The number of hydrogen-bond donors (Lipinski definition) is 4. The Kier molecular flexibility index (Phi) is 4.75. The lowest BCUT2D eigenvalue weighted by atomic mass is 10.00. The van der Waals surface area contributed by atoms with Crippen LogP contribution in [0.4, 0.5) is 0 Å². The molecule has 122 valence electrons. The van der Waals surface area contributed by atoms with Gasteiger partial charge in [0.2, 0.25) is 0 Å². The highest BCUT2D eigenvalue weighted by atomic mass is 31.2. The predicted molar refractivity (Wildman–Crippen MR) is 82.8 cm³/mol. The summed E-state index contributed by atoms with van der Waals surface area (Å²) in [4.78, 5) is 29.7. The first-order chi connectivity index (χ1) is 10.8. The summed E-state index contributed by atoms with van der Waals surface area (Å²) < 4.78 is 16.5. The van der Waals surface area contributed by atoms with Crippen molar-refractivity contribution in [3.63, 3.8) is 0 Å². The first-order valence-electron chi connectivity index (χ1n) is 6.64. The molecule has 0 fully saturated rings. The van der Waals surface area contributed by atoms with Crippen molar-refractivity contribution in [3.8, 4) is 28.4 Å². The van der Waals surface area contributed by atoms with E-state index in [4.69, 9.17) is 14.5 Å². The van der Waals surface area contributed by atoms with Crippen molar-refractivity contribution in [2.45, 2.75) is 6.92 Å². The van der Waals surface area contributed by atoms with E-state index >= 15 is 0 Å². The van der Waals surface area contributed by atoms with Crippen molar-refractivity contribution in [1.82, 2.24) is 0 Å². The van der Waals surface area contributed by atoms with Crippen LogP contribution in [0.15, 0.2) is 36.4 Å². The lowest BCUT2D eigenvalue weighted by molar-refractivity contribution is 0.104. The fourth-order valence-corrected chi connectivity index (χ4v) is 2.58. The van der Waals surface area contributed by atoms with E-state index in [0.29, 0.717) is 6.61 Å². The van der Waals surface area contributed by atoms with E-state index in [9.17, 15) is 19.6 Å². The van der Waals surface area contributed by atoms with Gasteiger partial charge in [-0.2, -0.15) is 0 Å². The summed E-state index contributed by atoms with van der Waals surface area (Å²) in [7, 11) is -4.96. The van der Waals surface area contributed by atoms with E-state index < -0.39 is 13.1 Å². The maximum atomic E-state index is 11.7. The number of phenolic OH excluding ortho intramolecular Hbond substituents is 2. The van der Waals surface area contributed by atoms with Crippen LogP contribution in [0.25, 0.3) is 11.1 Å². The van der Waals surface area contributed by atoms with Crippen LogP contribution in [-0.2, 0) is 4.57 Å². The van der Waals surface area contributed by atoms with Gasteiger partial charge in [-0.1, -0.05) is 6.07 Å². The van der Waals surface area contributed by atoms with Crippen LogP contribution in [-0.4, -0.2) is 32.1 Å². The molecule has 0 spiro atoms. The molecule has 0 saturated heterocycles. The van der Waals surface area contributed by atoms with Crippen LogP contribution >= 0.6 is 7.60 Å². The van der Waals surface area contributed by atoms with E-state index in [1.807, 2.05) is 0 Å². The number of carbonyl (C=O) groups excluding carboxylic acids is 1. The summed E-state index contributed by atoms with van der Waals surface area (Å²) in [5.41, 5.74) is -1.48. The van der Waals surface area contributed by atoms with Crippen molar-refractivity contribution in [3.05, 3.63) is 42.0 Å². The number of phenols is 2. The highest BCUT2D eigenvalue weighted by Gasteiger charge is 2.28. The molecule has 2 aromatic rings. The summed E-state index contributed by atoms with van der Waals surface area (Å²) in [6.07, 6.45) is 0. The van der Waals surface area contributed by atoms with Gasteiger partial charge in [0, 0.05) is 11.1 Å². The van der Waals surface area contributed by atoms with Crippen LogP contribution < -0.4 is 4.74 Å². The van der Waals surface area contributed by atoms with Crippen LogP contribution in [0.5, 0.6) is 17.2 Å². The molecule has 2 aromatic carbocycles. The molecule has 0 saturated carbocycles. The minimum atomic E-state index is -4.96. The molecule has 0 radical (unpaired) electrons. The zero-order valence-corrected chi connectivity index (χ0v) is 13.0. The Labute approximate surface area is 131 Å². The molecular formula is C15H15O7P. The first kappa shape index (κ1) is 17.0. The van der Waals surface area contributed by atoms with Gasteiger partial charge in [0.05, 0.1) is 12.2 Å². The Morgan fingerprint density at radius 1 is 1.13 bits per heavy atom. The van der Waals surface area contributed by atoms with Crippen molar-refractivity contribution >= 4 is 13.1 Å². The Morgan fingerprint density at radius 3 is 2.43 bits per heavy atom. The highest BCUT2D eigenvalue weighted by Crippen LogP contribution is 2.45. The third-order valence-electron chi connectivity index (χ3n) is 3.08.